The van der Waals surface area contributed by atoms with Crippen LogP contribution in [0.1, 0.15) is 29.6 Å². The smallest absolute Gasteiger partial charge is 0.164 e. The summed E-state index contributed by atoms with van der Waals surface area (Å²) in [5.41, 5.74) is 0.669. The van der Waals surface area contributed by atoms with Crippen LogP contribution in [0.2, 0.25) is 5.02 Å². The Balaban J connectivity index is 1.87. The van der Waals surface area contributed by atoms with Crippen molar-refractivity contribution in [2.45, 2.75) is 25.3 Å². The zero-order valence-corrected chi connectivity index (χ0v) is 11.1. The van der Waals surface area contributed by atoms with Gasteiger partial charge in [-0.3, -0.25) is 9.69 Å². The maximum Gasteiger partial charge on any atom is 0.164 e. The molecule has 98 valence electrons. The van der Waals surface area contributed by atoms with Gasteiger partial charge in [-0.1, -0.05) is 23.7 Å². The summed E-state index contributed by atoms with van der Waals surface area (Å²) in [6.07, 6.45) is 2.85. The third-order valence-electron chi connectivity index (χ3n) is 3.22. The highest BCUT2D eigenvalue weighted by atomic mass is 35.5. The Morgan fingerprint density at radius 2 is 2.17 bits per heavy atom. The largest absolute Gasteiger partial charge is 0.395 e. The first-order chi connectivity index (χ1) is 8.70. The summed E-state index contributed by atoms with van der Waals surface area (Å²) >= 11 is 5.87. The van der Waals surface area contributed by atoms with Gasteiger partial charge < -0.3 is 5.11 Å². The van der Waals surface area contributed by atoms with Crippen molar-refractivity contribution >= 4 is 17.4 Å². The summed E-state index contributed by atoms with van der Waals surface area (Å²) in [4.78, 5) is 14.2. The van der Waals surface area contributed by atoms with E-state index in [2.05, 4.69) is 4.90 Å². The van der Waals surface area contributed by atoms with Crippen molar-refractivity contribution in [1.29, 1.82) is 0 Å². The standard InChI is InChI=1S/C14H18ClNO2/c15-12-3-1-2-11(10-12)14(18)6-7-16(8-9-17)13-4-5-13/h1-3,10,13,17H,4-9H2. The first-order valence-corrected chi connectivity index (χ1v) is 6.72. The fourth-order valence-corrected chi connectivity index (χ4v) is 2.29. The average Bonchev–Trinajstić information content (AvgIpc) is 3.18. The lowest BCUT2D eigenvalue weighted by Gasteiger charge is -2.20. The number of nitrogens with zero attached hydrogens (tertiary/aromatic N) is 1. The van der Waals surface area contributed by atoms with Crippen molar-refractivity contribution in [3.63, 3.8) is 0 Å². The summed E-state index contributed by atoms with van der Waals surface area (Å²) in [6, 6.07) is 7.63. The molecular formula is C14H18ClNO2. The minimum Gasteiger partial charge on any atom is -0.395 e. The van der Waals surface area contributed by atoms with Crippen LogP contribution in [0.5, 0.6) is 0 Å². The molecule has 2 rings (SSSR count). The Hall–Kier alpha value is -0.900. The fraction of sp³-hybridized carbons (Fsp3) is 0.500. The predicted molar refractivity (Wildman–Crippen MR) is 72.1 cm³/mol. The topological polar surface area (TPSA) is 40.5 Å². The van der Waals surface area contributed by atoms with Crippen LogP contribution in [0.3, 0.4) is 0 Å². The molecular weight excluding hydrogens is 250 g/mol. The van der Waals surface area contributed by atoms with E-state index < -0.39 is 0 Å². The molecule has 1 aromatic rings. The van der Waals surface area contributed by atoms with Crippen LogP contribution in [0.15, 0.2) is 24.3 Å². The summed E-state index contributed by atoms with van der Waals surface area (Å²) in [6.45, 7) is 1.53. The van der Waals surface area contributed by atoms with Crippen molar-refractivity contribution in [2.75, 3.05) is 19.7 Å². The van der Waals surface area contributed by atoms with Gasteiger partial charge in [0.25, 0.3) is 0 Å². The van der Waals surface area contributed by atoms with E-state index in [1.54, 1.807) is 24.3 Å². The van der Waals surface area contributed by atoms with Gasteiger partial charge in [0, 0.05) is 36.1 Å². The zero-order chi connectivity index (χ0) is 13.0. The molecule has 0 heterocycles. The molecule has 1 saturated carbocycles. The quantitative estimate of drug-likeness (QED) is 0.771. The predicted octanol–water partition coefficient (Wildman–Crippen LogP) is 2.37. The number of hydrogen-bond donors (Lipinski definition) is 1. The third kappa shape index (κ3) is 3.80. The van der Waals surface area contributed by atoms with Crippen molar-refractivity contribution in [1.82, 2.24) is 4.90 Å². The molecule has 4 heteroatoms. The second-order valence-electron chi connectivity index (χ2n) is 4.67. The molecule has 0 spiro atoms. The SMILES string of the molecule is O=C(CCN(CCO)C1CC1)c1cccc(Cl)c1. The van der Waals surface area contributed by atoms with Crippen LogP contribution < -0.4 is 0 Å². The van der Waals surface area contributed by atoms with Crippen molar-refractivity contribution in [2.24, 2.45) is 0 Å². The molecule has 0 atom stereocenters. The van der Waals surface area contributed by atoms with Crippen molar-refractivity contribution in [3.05, 3.63) is 34.9 Å². The van der Waals surface area contributed by atoms with Crippen LogP contribution in [-0.4, -0.2) is 41.5 Å². The van der Waals surface area contributed by atoms with Crippen LogP contribution in [-0.2, 0) is 0 Å². The van der Waals surface area contributed by atoms with Crippen molar-refractivity contribution in [3.8, 4) is 0 Å². The number of carbonyl (C=O) groups excluding carboxylic acids is 1. The number of aliphatic hydroxyl groups excluding tert-OH is 1. The summed E-state index contributed by atoms with van der Waals surface area (Å²) in [5.74, 6) is 0.112. The molecule has 0 aromatic heterocycles. The van der Waals surface area contributed by atoms with E-state index in [0.29, 0.717) is 29.6 Å². The molecule has 0 aliphatic heterocycles. The van der Waals surface area contributed by atoms with Gasteiger partial charge in [0.15, 0.2) is 5.78 Å². The number of halogens is 1. The Morgan fingerprint density at radius 3 is 2.78 bits per heavy atom. The van der Waals surface area contributed by atoms with Gasteiger partial charge in [-0.15, -0.1) is 0 Å². The highest BCUT2D eigenvalue weighted by molar-refractivity contribution is 6.31. The number of carbonyl (C=O) groups is 1. The Kier molecular flexibility index (Phi) is 4.75. The van der Waals surface area contributed by atoms with Gasteiger partial charge in [0.1, 0.15) is 0 Å². The van der Waals surface area contributed by atoms with Crippen LogP contribution >= 0.6 is 11.6 Å². The van der Waals surface area contributed by atoms with Gasteiger partial charge >= 0.3 is 0 Å². The molecule has 18 heavy (non-hydrogen) atoms. The van der Waals surface area contributed by atoms with Crippen LogP contribution in [0.4, 0.5) is 0 Å². The lowest BCUT2D eigenvalue weighted by atomic mass is 10.1. The zero-order valence-electron chi connectivity index (χ0n) is 10.3. The monoisotopic (exact) mass is 267 g/mol. The molecule has 0 saturated heterocycles. The number of ketones is 1. The normalized spacial score (nSPS) is 15.1. The molecule has 1 aliphatic carbocycles. The molecule has 0 unspecified atom stereocenters. The van der Waals surface area contributed by atoms with E-state index in [1.165, 1.54) is 12.8 Å². The van der Waals surface area contributed by atoms with E-state index in [9.17, 15) is 4.79 Å². The van der Waals surface area contributed by atoms with Crippen molar-refractivity contribution < 1.29 is 9.90 Å². The molecule has 1 aromatic carbocycles. The minimum atomic E-state index is 0.112. The van der Waals surface area contributed by atoms with E-state index in [-0.39, 0.29) is 12.4 Å². The number of hydrogen-bond acceptors (Lipinski definition) is 3. The summed E-state index contributed by atoms with van der Waals surface area (Å²) in [7, 11) is 0. The lowest BCUT2D eigenvalue weighted by Crippen LogP contribution is -2.31. The van der Waals surface area contributed by atoms with Gasteiger partial charge in [-0.05, 0) is 25.0 Å². The molecule has 3 nitrogen and oxygen atoms in total. The van der Waals surface area contributed by atoms with Gasteiger partial charge in [-0.25, -0.2) is 0 Å². The average molecular weight is 268 g/mol. The highest BCUT2D eigenvalue weighted by Gasteiger charge is 2.28. The lowest BCUT2D eigenvalue weighted by molar-refractivity contribution is 0.0954. The maximum absolute atomic E-state index is 12.0. The van der Waals surface area contributed by atoms with E-state index >= 15 is 0 Å². The Bertz CT molecular complexity index is 418. The number of aliphatic hydroxyl groups is 1. The first kappa shape index (κ1) is 13.5. The van der Waals surface area contributed by atoms with Gasteiger partial charge in [0.2, 0.25) is 0 Å². The van der Waals surface area contributed by atoms with Gasteiger partial charge in [0.05, 0.1) is 6.61 Å². The van der Waals surface area contributed by atoms with Crippen LogP contribution in [0, 0.1) is 0 Å². The summed E-state index contributed by atoms with van der Waals surface area (Å²) < 4.78 is 0. The molecule has 1 aliphatic rings. The van der Waals surface area contributed by atoms with E-state index in [1.807, 2.05) is 0 Å². The fourth-order valence-electron chi connectivity index (χ4n) is 2.10. The maximum atomic E-state index is 12.0. The molecule has 0 radical (unpaired) electrons. The molecule has 0 bridgehead atoms. The molecule has 0 amide bonds. The second-order valence-corrected chi connectivity index (χ2v) is 5.11. The number of Topliss-reactive ketones (excluding diaryl/α,β-unsaturated/α-hetero) is 1. The molecule has 1 fully saturated rings. The van der Waals surface area contributed by atoms with E-state index in [4.69, 9.17) is 16.7 Å². The third-order valence-corrected chi connectivity index (χ3v) is 3.46. The van der Waals surface area contributed by atoms with Crippen LogP contribution in [0.25, 0.3) is 0 Å². The summed E-state index contributed by atoms with van der Waals surface area (Å²) in [5, 5.41) is 9.58. The number of benzene rings is 1. The highest BCUT2D eigenvalue weighted by Crippen LogP contribution is 2.26. The minimum absolute atomic E-state index is 0.112. The van der Waals surface area contributed by atoms with Gasteiger partial charge in [-0.2, -0.15) is 0 Å². The number of rotatable bonds is 7. The Morgan fingerprint density at radius 1 is 1.39 bits per heavy atom. The molecule has 1 N–H and O–H groups in total. The second kappa shape index (κ2) is 6.32. The van der Waals surface area contributed by atoms with E-state index in [0.717, 1.165) is 6.54 Å². The Labute approximate surface area is 112 Å². The first-order valence-electron chi connectivity index (χ1n) is 6.34.